The van der Waals surface area contributed by atoms with E-state index in [9.17, 15) is 0 Å². The second kappa shape index (κ2) is 5.74. The Morgan fingerprint density at radius 1 is 1.39 bits per heavy atom. The fourth-order valence-corrected chi connectivity index (χ4v) is 1.85. The van der Waals surface area contributed by atoms with Gasteiger partial charge in [-0.15, -0.1) is 0 Å². The number of anilines is 1. The molecule has 7 heteroatoms. The standard InChI is InChI=1S/C11H17N5O2/c1-15-10-9(7-14-15)11(13-8-12-10)16(3-5-17)4-6-18-2/h7-8,17H,3-6H2,1-2H3. The number of aliphatic hydroxyl groups is 1. The Morgan fingerprint density at radius 3 is 2.94 bits per heavy atom. The molecule has 0 aliphatic carbocycles. The zero-order chi connectivity index (χ0) is 13.0. The molecule has 0 aromatic carbocycles. The van der Waals surface area contributed by atoms with E-state index in [1.807, 2.05) is 11.9 Å². The van der Waals surface area contributed by atoms with E-state index < -0.39 is 0 Å². The van der Waals surface area contributed by atoms with Gasteiger partial charge >= 0.3 is 0 Å². The zero-order valence-corrected chi connectivity index (χ0v) is 10.6. The van der Waals surface area contributed by atoms with Crippen LogP contribution in [0.4, 0.5) is 5.82 Å². The normalized spacial score (nSPS) is 11.1. The molecule has 18 heavy (non-hydrogen) atoms. The predicted molar refractivity (Wildman–Crippen MR) is 67.5 cm³/mol. The van der Waals surface area contributed by atoms with Crippen LogP contribution in [0.2, 0.25) is 0 Å². The Morgan fingerprint density at radius 2 is 2.22 bits per heavy atom. The molecule has 0 spiro atoms. The summed E-state index contributed by atoms with van der Waals surface area (Å²) in [6.07, 6.45) is 3.25. The van der Waals surface area contributed by atoms with E-state index in [-0.39, 0.29) is 6.61 Å². The highest BCUT2D eigenvalue weighted by atomic mass is 16.5. The number of ether oxygens (including phenoxy) is 1. The Kier molecular flexibility index (Phi) is 4.06. The van der Waals surface area contributed by atoms with Crippen LogP contribution in [-0.2, 0) is 11.8 Å². The van der Waals surface area contributed by atoms with E-state index in [0.717, 1.165) is 16.9 Å². The van der Waals surface area contributed by atoms with Crippen molar-refractivity contribution in [3.63, 3.8) is 0 Å². The van der Waals surface area contributed by atoms with Gasteiger partial charge < -0.3 is 14.7 Å². The Labute approximate surface area is 105 Å². The van der Waals surface area contributed by atoms with Crippen molar-refractivity contribution >= 4 is 16.9 Å². The molecule has 0 amide bonds. The fourth-order valence-electron chi connectivity index (χ4n) is 1.85. The second-order valence-electron chi connectivity index (χ2n) is 3.91. The smallest absolute Gasteiger partial charge is 0.163 e. The molecule has 2 heterocycles. The van der Waals surface area contributed by atoms with Crippen LogP contribution in [0.15, 0.2) is 12.5 Å². The number of fused-ring (bicyclic) bond motifs is 1. The first-order valence-corrected chi connectivity index (χ1v) is 5.75. The summed E-state index contributed by atoms with van der Waals surface area (Å²) in [4.78, 5) is 10.4. The highest BCUT2D eigenvalue weighted by Gasteiger charge is 2.14. The Bertz CT molecular complexity index is 513. The van der Waals surface area contributed by atoms with Gasteiger partial charge in [-0.25, -0.2) is 9.97 Å². The molecule has 0 atom stereocenters. The van der Waals surface area contributed by atoms with Gasteiger partial charge in [-0.3, -0.25) is 4.68 Å². The lowest BCUT2D eigenvalue weighted by Gasteiger charge is -2.22. The van der Waals surface area contributed by atoms with Gasteiger partial charge in [0.1, 0.15) is 12.1 Å². The third-order valence-corrected chi connectivity index (χ3v) is 2.74. The maximum Gasteiger partial charge on any atom is 0.163 e. The molecule has 0 fully saturated rings. The molecule has 2 aromatic rings. The maximum absolute atomic E-state index is 9.13. The van der Waals surface area contributed by atoms with Gasteiger partial charge in [0, 0.05) is 27.2 Å². The summed E-state index contributed by atoms with van der Waals surface area (Å²) in [7, 11) is 3.49. The Balaban J connectivity index is 2.36. The third kappa shape index (κ3) is 2.41. The van der Waals surface area contributed by atoms with Crippen molar-refractivity contribution < 1.29 is 9.84 Å². The molecule has 0 unspecified atom stereocenters. The first kappa shape index (κ1) is 12.7. The van der Waals surface area contributed by atoms with Crippen LogP contribution in [0.1, 0.15) is 0 Å². The van der Waals surface area contributed by atoms with Gasteiger partial charge in [-0.05, 0) is 0 Å². The van der Waals surface area contributed by atoms with Crippen molar-refractivity contribution in [1.82, 2.24) is 19.7 Å². The number of methoxy groups -OCH3 is 1. The van der Waals surface area contributed by atoms with E-state index in [2.05, 4.69) is 15.1 Å². The number of nitrogens with zero attached hydrogens (tertiary/aromatic N) is 5. The minimum absolute atomic E-state index is 0.0650. The summed E-state index contributed by atoms with van der Waals surface area (Å²) >= 11 is 0. The summed E-state index contributed by atoms with van der Waals surface area (Å²) in [5.74, 6) is 0.777. The number of hydrogen-bond acceptors (Lipinski definition) is 6. The molecule has 0 bridgehead atoms. The van der Waals surface area contributed by atoms with Crippen LogP contribution in [-0.4, -0.2) is 58.3 Å². The van der Waals surface area contributed by atoms with Gasteiger partial charge in [-0.2, -0.15) is 5.10 Å². The highest BCUT2D eigenvalue weighted by Crippen LogP contribution is 2.21. The van der Waals surface area contributed by atoms with Crippen LogP contribution in [0.25, 0.3) is 11.0 Å². The number of aliphatic hydroxyl groups excluding tert-OH is 1. The van der Waals surface area contributed by atoms with Gasteiger partial charge in [0.15, 0.2) is 5.65 Å². The molecule has 98 valence electrons. The van der Waals surface area contributed by atoms with Gasteiger partial charge in [0.05, 0.1) is 24.8 Å². The Hall–Kier alpha value is -1.73. The van der Waals surface area contributed by atoms with Gasteiger partial charge in [-0.1, -0.05) is 0 Å². The van der Waals surface area contributed by atoms with E-state index in [0.29, 0.717) is 19.7 Å². The monoisotopic (exact) mass is 251 g/mol. The van der Waals surface area contributed by atoms with Crippen molar-refractivity contribution in [3.8, 4) is 0 Å². The summed E-state index contributed by atoms with van der Waals surface area (Å²) in [5.41, 5.74) is 0.778. The minimum atomic E-state index is 0.0650. The molecule has 1 N–H and O–H groups in total. The first-order chi connectivity index (χ1) is 8.77. The first-order valence-electron chi connectivity index (χ1n) is 5.75. The van der Waals surface area contributed by atoms with Crippen molar-refractivity contribution in [2.45, 2.75) is 0 Å². The van der Waals surface area contributed by atoms with E-state index in [1.54, 1.807) is 18.0 Å². The fraction of sp³-hybridized carbons (Fsp3) is 0.545. The molecule has 0 aliphatic rings. The van der Waals surface area contributed by atoms with Crippen molar-refractivity contribution in [2.75, 3.05) is 38.3 Å². The summed E-state index contributed by atoms with van der Waals surface area (Å²) in [5, 5.41) is 14.2. The topological polar surface area (TPSA) is 76.3 Å². The predicted octanol–water partition coefficient (Wildman–Crippen LogP) is -0.192. The maximum atomic E-state index is 9.13. The minimum Gasteiger partial charge on any atom is -0.395 e. The van der Waals surface area contributed by atoms with Crippen LogP contribution in [0, 0.1) is 0 Å². The van der Waals surface area contributed by atoms with Gasteiger partial charge in [0.2, 0.25) is 0 Å². The second-order valence-corrected chi connectivity index (χ2v) is 3.91. The number of hydrogen-bond donors (Lipinski definition) is 1. The summed E-state index contributed by atoms with van der Waals surface area (Å²) in [6.45, 7) is 1.81. The zero-order valence-electron chi connectivity index (χ0n) is 10.6. The van der Waals surface area contributed by atoms with E-state index in [4.69, 9.17) is 9.84 Å². The van der Waals surface area contributed by atoms with Crippen LogP contribution < -0.4 is 4.90 Å². The average Bonchev–Trinajstić information content (AvgIpc) is 2.77. The average molecular weight is 251 g/mol. The van der Waals surface area contributed by atoms with Crippen molar-refractivity contribution in [2.24, 2.45) is 7.05 Å². The van der Waals surface area contributed by atoms with Crippen LogP contribution >= 0.6 is 0 Å². The molecule has 2 rings (SSSR count). The van der Waals surface area contributed by atoms with Gasteiger partial charge in [0.25, 0.3) is 0 Å². The van der Waals surface area contributed by atoms with E-state index in [1.165, 1.54) is 6.33 Å². The number of rotatable bonds is 6. The highest BCUT2D eigenvalue weighted by molar-refractivity contribution is 5.86. The SMILES string of the molecule is COCCN(CCO)c1ncnc2c1cnn2C. The van der Waals surface area contributed by atoms with Crippen molar-refractivity contribution in [1.29, 1.82) is 0 Å². The quantitative estimate of drug-likeness (QED) is 0.766. The lowest BCUT2D eigenvalue weighted by atomic mass is 10.3. The number of aromatic nitrogens is 4. The van der Waals surface area contributed by atoms with Crippen molar-refractivity contribution in [3.05, 3.63) is 12.5 Å². The molecule has 0 aliphatic heterocycles. The number of aryl methyl sites for hydroxylation is 1. The van der Waals surface area contributed by atoms with Crippen LogP contribution in [0.3, 0.4) is 0 Å². The molecular weight excluding hydrogens is 234 g/mol. The van der Waals surface area contributed by atoms with E-state index >= 15 is 0 Å². The molecular formula is C11H17N5O2. The molecule has 0 saturated carbocycles. The lowest BCUT2D eigenvalue weighted by Crippen LogP contribution is -2.31. The lowest BCUT2D eigenvalue weighted by molar-refractivity contribution is 0.202. The third-order valence-electron chi connectivity index (χ3n) is 2.74. The molecule has 0 radical (unpaired) electrons. The largest absolute Gasteiger partial charge is 0.395 e. The summed E-state index contributed by atoms with van der Waals surface area (Å²) < 4.78 is 6.77. The van der Waals surface area contributed by atoms with Crippen LogP contribution in [0.5, 0.6) is 0 Å². The molecule has 2 aromatic heterocycles. The molecule has 0 saturated heterocycles. The molecule has 7 nitrogen and oxygen atoms in total. The summed E-state index contributed by atoms with van der Waals surface area (Å²) in [6, 6.07) is 0.